The van der Waals surface area contributed by atoms with Crippen LogP contribution in [0.25, 0.3) is 0 Å². The van der Waals surface area contributed by atoms with Crippen LogP contribution in [0.3, 0.4) is 0 Å². The molecule has 1 aromatic heterocycles. The maximum atomic E-state index is 11.9. The highest BCUT2D eigenvalue weighted by Gasteiger charge is 2.08. The molecule has 0 aliphatic carbocycles. The molecule has 0 saturated carbocycles. The highest BCUT2D eigenvalue weighted by Crippen LogP contribution is 2.15. The zero-order chi connectivity index (χ0) is 13.1. The van der Waals surface area contributed by atoms with Crippen molar-refractivity contribution in [1.29, 1.82) is 0 Å². The minimum atomic E-state index is -0.355. The van der Waals surface area contributed by atoms with Gasteiger partial charge in [0.2, 0.25) is 5.95 Å². The number of carbonyl (C=O) groups excluding carboxylic acids is 1. The molecule has 1 amide bonds. The van der Waals surface area contributed by atoms with Crippen LogP contribution in [-0.2, 0) is 0 Å². The minimum absolute atomic E-state index is 0.0103. The smallest absolute Gasteiger partial charge is 0.256 e. The molecule has 0 aliphatic heterocycles. The summed E-state index contributed by atoms with van der Waals surface area (Å²) in [5, 5.41) is 3.19. The van der Waals surface area contributed by atoms with Crippen molar-refractivity contribution < 1.29 is 4.79 Å². The molecule has 3 N–H and O–H groups in total. The van der Waals surface area contributed by atoms with Gasteiger partial charge in [0, 0.05) is 16.7 Å². The Kier molecular flexibility index (Phi) is 3.64. The van der Waals surface area contributed by atoms with Gasteiger partial charge in [0.25, 0.3) is 5.91 Å². The summed E-state index contributed by atoms with van der Waals surface area (Å²) in [6, 6.07) is 7.94. The highest BCUT2D eigenvalue weighted by molar-refractivity contribution is 6.31. The number of benzene rings is 1. The van der Waals surface area contributed by atoms with Gasteiger partial charge in [-0.15, -0.1) is 0 Å². The van der Waals surface area contributed by atoms with Crippen molar-refractivity contribution in [2.45, 2.75) is 0 Å². The van der Waals surface area contributed by atoms with Crippen LogP contribution in [0.1, 0.15) is 10.4 Å². The molecule has 1 aromatic carbocycles. The van der Waals surface area contributed by atoms with Crippen molar-refractivity contribution in [3.05, 3.63) is 46.1 Å². The highest BCUT2D eigenvalue weighted by atomic mass is 35.5. The van der Waals surface area contributed by atoms with E-state index in [1.54, 1.807) is 24.3 Å². The van der Waals surface area contributed by atoms with Gasteiger partial charge in [0.05, 0.1) is 0 Å². The van der Waals surface area contributed by atoms with Crippen LogP contribution in [0.2, 0.25) is 10.2 Å². The number of hydrogen-bond donors (Lipinski definition) is 2. The van der Waals surface area contributed by atoms with Crippen molar-refractivity contribution in [1.82, 2.24) is 9.97 Å². The molecule has 0 radical (unpaired) electrons. The van der Waals surface area contributed by atoms with Gasteiger partial charge in [-0.05, 0) is 18.2 Å². The number of nitrogens with zero attached hydrogens (tertiary/aromatic N) is 2. The van der Waals surface area contributed by atoms with Crippen molar-refractivity contribution in [2.75, 3.05) is 11.1 Å². The number of nitrogen functional groups attached to an aromatic ring is 1. The van der Waals surface area contributed by atoms with Crippen LogP contribution < -0.4 is 11.1 Å². The molecule has 0 saturated heterocycles. The standard InChI is InChI=1S/C11H8Cl2N4O/c12-7-3-1-2-6(4-7)10(18)16-9-5-8(13)15-11(14)17-9/h1-5H,(H3,14,15,16,17,18). The van der Waals surface area contributed by atoms with Gasteiger partial charge in [-0.1, -0.05) is 29.3 Å². The number of nitrogens with two attached hydrogens (primary N) is 1. The Hall–Kier alpha value is -1.85. The maximum absolute atomic E-state index is 11.9. The fraction of sp³-hybridized carbons (Fsp3) is 0. The zero-order valence-electron chi connectivity index (χ0n) is 9.02. The molecule has 0 spiro atoms. The number of rotatable bonds is 2. The Morgan fingerprint density at radius 3 is 2.67 bits per heavy atom. The Labute approximate surface area is 113 Å². The molecule has 1 heterocycles. The molecule has 0 fully saturated rings. The van der Waals surface area contributed by atoms with Crippen LogP contribution in [0.15, 0.2) is 30.3 Å². The van der Waals surface area contributed by atoms with Crippen LogP contribution in [0.5, 0.6) is 0 Å². The van der Waals surface area contributed by atoms with E-state index in [-0.39, 0.29) is 22.8 Å². The number of nitrogens with one attached hydrogen (secondary N) is 1. The van der Waals surface area contributed by atoms with Gasteiger partial charge in [-0.3, -0.25) is 4.79 Å². The van der Waals surface area contributed by atoms with Crippen LogP contribution in [-0.4, -0.2) is 15.9 Å². The van der Waals surface area contributed by atoms with E-state index in [0.717, 1.165) is 0 Å². The first-order chi connectivity index (χ1) is 8.54. The average molecular weight is 283 g/mol. The van der Waals surface area contributed by atoms with E-state index in [1.165, 1.54) is 6.07 Å². The Morgan fingerprint density at radius 1 is 1.22 bits per heavy atom. The molecule has 0 unspecified atom stereocenters. The second kappa shape index (κ2) is 5.20. The molecular weight excluding hydrogens is 275 g/mol. The fourth-order valence-corrected chi connectivity index (χ4v) is 1.70. The number of hydrogen-bond acceptors (Lipinski definition) is 4. The van der Waals surface area contributed by atoms with Crippen LogP contribution in [0.4, 0.5) is 11.8 Å². The van der Waals surface area contributed by atoms with Gasteiger partial charge in [0.1, 0.15) is 11.0 Å². The molecule has 0 atom stereocenters. The molecule has 2 rings (SSSR count). The normalized spacial score (nSPS) is 10.1. The van der Waals surface area contributed by atoms with Crippen molar-refractivity contribution in [3.63, 3.8) is 0 Å². The van der Waals surface area contributed by atoms with Crippen molar-refractivity contribution in [2.24, 2.45) is 0 Å². The second-order valence-corrected chi connectivity index (χ2v) is 4.22. The molecule has 0 aliphatic rings. The second-order valence-electron chi connectivity index (χ2n) is 3.40. The lowest BCUT2D eigenvalue weighted by molar-refractivity contribution is 0.102. The maximum Gasteiger partial charge on any atom is 0.256 e. The van der Waals surface area contributed by atoms with Crippen LogP contribution >= 0.6 is 23.2 Å². The number of anilines is 2. The Bertz CT molecular complexity index is 583. The lowest BCUT2D eigenvalue weighted by Crippen LogP contribution is -2.13. The third-order valence-electron chi connectivity index (χ3n) is 2.04. The summed E-state index contributed by atoms with van der Waals surface area (Å²) < 4.78 is 0. The van der Waals surface area contributed by atoms with E-state index in [1.807, 2.05) is 0 Å². The minimum Gasteiger partial charge on any atom is -0.368 e. The van der Waals surface area contributed by atoms with E-state index < -0.39 is 0 Å². The van der Waals surface area contributed by atoms with E-state index >= 15 is 0 Å². The zero-order valence-corrected chi connectivity index (χ0v) is 10.5. The van der Waals surface area contributed by atoms with Crippen LogP contribution in [0, 0.1) is 0 Å². The van der Waals surface area contributed by atoms with E-state index in [2.05, 4.69) is 15.3 Å². The molecule has 2 aromatic rings. The van der Waals surface area contributed by atoms with E-state index in [9.17, 15) is 4.79 Å². The lowest BCUT2D eigenvalue weighted by Gasteiger charge is -2.05. The van der Waals surface area contributed by atoms with Crippen molar-refractivity contribution in [3.8, 4) is 0 Å². The molecule has 0 bridgehead atoms. The fourth-order valence-electron chi connectivity index (χ4n) is 1.32. The Balaban J connectivity index is 2.21. The third kappa shape index (κ3) is 3.09. The van der Waals surface area contributed by atoms with Gasteiger partial charge in [-0.2, -0.15) is 4.98 Å². The number of aromatic nitrogens is 2. The summed E-state index contributed by atoms with van der Waals surface area (Å²) in [6.45, 7) is 0. The first-order valence-electron chi connectivity index (χ1n) is 4.91. The van der Waals surface area contributed by atoms with Gasteiger partial charge < -0.3 is 11.1 Å². The largest absolute Gasteiger partial charge is 0.368 e. The van der Waals surface area contributed by atoms with E-state index in [0.29, 0.717) is 10.6 Å². The Morgan fingerprint density at radius 2 is 2.00 bits per heavy atom. The first-order valence-corrected chi connectivity index (χ1v) is 5.67. The third-order valence-corrected chi connectivity index (χ3v) is 2.47. The summed E-state index contributed by atoms with van der Waals surface area (Å²) in [5.41, 5.74) is 5.83. The summed E-state index contributed by atoms with van der Waals surface area (Å²) in [4.78, 5) is 19.4. The topological polar surface area (TPSA) is 80.9 Å². The monoisotopic (exact) mass is 282 g/mol. The first kappa shape index (κ1) is 12.6. The summed E-state index contributed by atoms with van der Waals surface area (Å²) in [5.74, 6) is -0.131. The number of carbonyl (C=O) groups is 1. The molecule has 92 valence electrons. The summed E-state index contributed by atoms with van der Waals surface area (Å²) >= 11 is 11.5. The quantitative estimate of drug-likeness (QED) is 0.830. The predicted octanol–water partition coefficient (Wildman–Crippen LogP) is 2.62. The molecule has 5 nitrogen and oxygen atoms in total. The predicted molar refractivity (Wildman–Crippen MR) is 70.9 cm³/mol. The van der Waals surface area contributed by atoms with Gasteiger partial charge >= 0.3 is 0 Å². The average Bonchev–Trinajstić information content (AvgIpc) is 2.27. The molecule has 7 heteroatoms. The SMILES string of the molecule is Nc1nc(Cl)cc(NC(=O)c2cccc(Cl)c2)n1. The lowest BCUT2D eigenvalue weighted by atomic mass is 10.2. The molecular formula is C11H8Cl2N4O. The van der Waals surface area contributed by atoms with E-state index in [4.69, 9.17) is 28.9 Å². The summed E-state index contributed by atoms with van der Waals surface area (Å²) in [7, 11) is 0. The van der Waals surface area contributed by atoms with Gasteiger partial charge in [0.15, 0.2) is 0 Å². The van der Waals surface area contributed by atoms with Gasteiger partial charge in [-0.25, -0.2) is 4.98 Å². The summed E-state index contributed by atoms with van der Waals surface area (Å²) in [6.07, 6.45) is 0. The number of halogens is 2. The van der Waals surface area contributed by atoms with Crippen molar-refractivity contribution >= 4 is 40.9 Å². The number of amides is 1. The molecule has 18 heavy (non-hydrogen) atoms.